The lowest BCUT2D eigenvalue weighted by molar-refractivity contribution is -0.143. The van der Waals surface area contributed by atoms with Crippen LogP contribution in [0, 0.1) is 0 Å². The van der Waals surface area contributed by atoms with Gasteiger partial charge in [-0.2, -0.15) is 0 Å². The first-order valence-electron chi connectivity index (χ1n) is 9.54. The third kappa shape index (κ3) is 6.65. The van der Waals surface area contributed by atoms with E-state index >= 15 is 0 Å². The van der Waals surface area contributed by atoms with E-state index in [1.165, 1.54) is 4.90 Å². The first-order valence-corrected chi connectivity index (χ1v) is 10.3. The Kier molecular flexibility index (Phi) is 8.80. The number of hydrogen-bond acceptors (Lipinski definition) is 3. The van der Waals surface area contributed by atoms with Gasteiger partial charge in [-0.25, -0.2) is 0 Å². The topological polar surface area (TPSA) is 58.6 Å². The third-order valence-electron chi connectivity index (χ3n) is 4.31. The Bertz CT molecular complexity index is 808. The number of hydrogen-bond donors (Lipinski definition) is 1. The van der Waals surface area contributed by atoms with Gasteiger partial charge in [-0.1, -0.05) is 54.4 Å². The lowest BCUT2D eigenvalue weighted by Crippen LogP contribution is -2.51. The molecule has 2 aromatic carbocycles. The van der Waals surface area contributed by atoms with Gasteiger partial charge in [-0.05, 0) is 44.5 Å². The Balaban J connectivity index is 2.27. The summed E-state index contributed by atoms with van der Waals surface area (Å²) in [5.74, 6) is 0.0330. The van der Waals surface area contributed by atoms with Crippen molar-refractivity contribution in [1.29, 1.82) is 0 Å². The number of carbonyl (C=O) groups excluding carboxylic acids is 2. The second kappa shape index (κ2) is 11.1. The summed E-state index contributed by atoms with van der Waals surface area (Å²) in [7, 11) is 0. The van der Waals surface area contributed by atoms with Crippen LogP contribution in [0.25, 0.3) is 0 Å². The zero-order valence-corrected chi connectivity index (χ0v) is 18.3. The number of para-hydroxylation sites is 1. The SMILES string of the molecule is CC[C@@H](C(=O)NC(C)C)N(Cc1c(Cl)cccc1Cl)C(=O)COc1ccccc1. The van der Waals surface area contributed by atoms with E-state index in [2.05, 4.69) is 5.32 Å². The molecule has 2 amide bonds. The van der Waals surface area contributed by atoms with Gasteiger partial charge >= 0.3 is 0 Å². The molecule has 0 aliphatic heterocycles. The van der Waals surface area contributed by atoms with Crippen LogP contribution in [-0.4, -0.2) is 35.4 Å². The van der Waals surface area contributed by atoms with Crippen molar-refractivity contribution in [3.05, 3.63) is 64.1 Å². The van der Waals surface area contributed by atoms with Crippen LogP contribution >= 0.6 is 23.2 Å². The van der Waals surface area contributed by atoms with Gasteiger partial charge in [0.05, 0.1) is 0 Å². The van der Waals surface area contributed by atoms with Gasteiger partial charge in [0, 0.05) is 28.2 Å². The molecule has 0 radical (unpaired) electrons. The summed E-state index contributed by atoms with van der Waals surface area (Å²) in [4.78, 5) is 27.3. The number of amides is 2. The van der Waals surface area contributed by atoms with Gasteiger partial charge in [0.1, 0.15) is 11.8 Å². The monoisotopic (exact) mass is 436 g/mol. The predicted octanol–water partition coefficient (Wildman–Crippen LogP) is 4.70. The fraction of sp³-hybridized carbons (Fsp3) is 0.364. The van der Waals surface area contributed by atoms with Crippen molar-refractivity contribution >= 4 is 35.0 Å². The number of nitrogens with zero attached hydrogens (tertiary/aromatic N) is 1. The molecule has 5 nitrogen and oxygen atoms in total. The minimum Gasteiger partial charge on any atom is -0.484 e. The van der Waals surface area contributed by atoms with Crippen LogP contribution in [0.3, 0.4) is 0 Å². The summed E-state index contributed by atoms with van der Waals surface area (Å²) in [5.41, 5.74) is 0.597. The molecule has 0 saturated carbocycles. The highest BCUT2D eigenvalue weighted by atomic mass is 35.5. The highest BCUT2D eigenvalue weighted by Crippen LogP contribution is 2.27. The molecular formula is C22H26Cl2N2O3. The van der Waals surface area contributed by atoms with Gasteiger partial charge in [0.15, 0.2) is 6.61 Å². The third-order valence-corrected chi connectivity index (χ3v) is 5.02. The van der Waals surface area contributed by atoms with Crippen molar-refractivity contribution in [2.75, 3.05) is 6.61 Å². The Morgan fingerprint density at radius 2 is 1.66 bits per heavy atom. The average Bonchev–Trinajstić information content (AvgIpc) is 2.68. The number of rotatable bonds is 9. The molecular weight excluding hydrogens is 411 g/mol. The molecule has 7 heteroatoms. The molecule has 0 spiro atoms. The van der Waals surface area contributed by atoms with E-state index in [9.17, 15) is 9.59 Å². The summed E-state index contributed by atoms with van der Waals surface area (Å²) in [6, 6.07) is 13.5. The second-order valence-corrected chi connectivity index (χ2v) is 7.73. The smallest absolute Gasteiger partial charge is 0.261 e. The average molecular weight is 437 g/mol. The molecule has 0 fully saturated rings. The lowest BCUT2D eigenvalue weighted by atomic mass is 10.1. The van der Waals surface area contributed by atoms with Crippen molar-refractivity contribution in [2.45, 2.75) is 45.8 Å². The largest absolute Gasteiger partial charge is 0.484 e. The summed E-state index contributed by atoms with van der Waals surface area (Å²) in [6.45, 7) is 5.52. The molecule has 1 atom stereocenters. The Morgan fingerprint density at radius 3 is 2.21 bits per heavy atom. The van der Waals surface area contributed by atoms with E-state index in [0.717, 1.165) is 0 Å². The molecule has 0 bridgehead atoms. The van der Waals surface area contributed by atoms with Crippen molar-refractivity contribution in [3.63, 3.8) is 0 Å². The van der Waals surface area contributed by atoms with Crippen molar-refractivity contribution in [1.82, 2.24) is 10.2 Å². The molecule has 2 aromatic rings. The first kappa shape index (κ1) is 23.0. The molecule has 0 unspecified atom stereocenters. The van der Waals surface area contributed by atoms with Crippen LogP contribution < -0.4 is 10.1 Å². The molecule has 0 aromatic heterocycles. The number of nitrogens with one attached hydrogen (secondary N) is 1. The molecule has 0 heterocycles. The normalized spacial score (nSPS) is 11.8. The van der Waals surface area contributed by atoms with Crippen LogP contribution in [-0.2, 0) is 16.1 Å². The van der Waals surface area contributed by atoms with Crippen LogP contribution in [0.5, 0.6) is 5.75 Å². The summed E-state index contributed by atoms with van der Waals surface area (Å²) >= 11 is 12.6. The highest BCUT2D eigenvalue weighted by molar-refractivity contribution is 6.36. The molecule has 2 rings (SSSR count). The van der Waals surface area contributed by atoms with E-state index in [-0.39, 0.29) is 31.0 Å². The fourth-order valence-electron chi connectivity index (χ4n) is 2.90. The maximum atomic E-state index is 13.1. The van der Waals surface area contributed by atoms with E-state index < -0.39 is 6.04 Å². The maximum Gasteiger partial charge on any atom is 0.261 e. The summed E-state index contributed by atoms with van der Waals surface area (Å²) in [5, 5.41) is 3.76. The molecule has 29 heavy (non-hydrogen) atoms. The Hall–Kier alpha value is -2.24. The van der Waals surface area contributed by atoms with Gasteiger partial charge in [-0.3, -0.25) is 9.59 Å². The van der Waals surface area contributed by atoms with Crippen molar-refractivity contribution in [3.8, 4) is 5.75 Å². The van der Waals surface area contributed by atoms with E-state index in [0.29, 0.717) is 27.8 Å². The minimum atomic E-state index is -0.670. The highest BCUT2D eigenvalue weighted by Gasteiger charge is 2.30. The maximum absolute atomic E-state index is 13.1. The zero-order chi connectivity index (χ0) is 21.4. The van der Waals surface area contributed by atoms with Gasteiger partial charge in [0.2, 0.25) is 5.91 Å². The Labute approximate surface area is 181 Å². The molecule has 0 aliphatic rings. The molecule has 1 N–H and O–H groups in total. The molecule has 0 aliphatic carbocycles. The minimum absolute atomic E-state index is 0.0435. The predicted molar refractivity (Wildman–Crippen MR) is 116 cm³/mol. The molecule has 156 valence electrons. The Morgan fingerprint density at radius 1 is 1.03 bits per heavy atom. The van der Waals surface area contributed by atoms with Crippen LogP contribution in [0.1, 0.15) is 32.8 Å². The van der Waals surface area contributed by atoms with Gasteiger partial charge < -0.3 is 15.0 Å². The van der Waals surface area contributed by atoms with E-state index in [1.54, 1.807) is 30.3 Å². The zero-order valence-electron chi connectivity index (χ0n) is 16.8. The second-order valence-electron chi connectivity index (χ2n) is 6.91. The molecule has 0 saturated heterocycles. The quantitative estimate of drug-likeness (QED) is 0.619. The van der Waals surface area contributed by atoms with Crippen LogP contribution in [0.2, 0.25) is 10.0 Å². The number of ether oxygens (including phenoxy) is 1. The lowest BCUT2D eigenvalue weighted by Gasteiger charge is -2.31. The number of halogens is 2. The van der Waals surface area contributed by atoms with Crippen LogP contribution in [0.4, 0.5) is 0 Å². The van der Waals surface area contributed by atoms with Crippen LogP contribution in [0.15, 0.2) is 48.5 Å². The van der Waals surface area contributed by atoms with Gasteiger partial charge in [-0.15, -0.1) is 0 Å². The summed E-state index contributed by atoms with van der Waals surface area (Å²) in [6.07, 6.45) is 0.442. The van der Waals surface area contributed by atoms with Gasteiger partial charge in [0.25, 0.3) is 5.91 Å². The fourth-order valence-corrected chi connectivity index (χ4v) is 3.42. The van der Waals surface area contributed by atoms with Crippen molar-refractivity contribution in [2.24, 2.45) is 0 Å². The number of carbonyl (C=O) groups is 2. The summed E-state index contributed by atoms with van der Waals surface area (Å²) < 4.78 is 5.61. The number of benzene rings is 2. The van der Waals surface area contributed by atoms with E-state index in [1.807, 2.05) is 39.0 Å². The first-order chi connectivity index (χ1) is 13.8. The standard InChI is InChI=1S/C22H26Cl2N2O3/c1-4-20(22(28)25-15(2)3)26(13-17-18(23)11-8-12-19(17)24)21(27)14-29-16-9-6-5-7-10-16/h5-12,15,20H,4,13-14H2,1-3H3,(H,25,28)/t20-/m0/s1. The van der Waals surface area contributed by atoms with Crippen molar-refractivity contribution < 1.29 is 14.3 Å². The van der Waals surface area contributed by atoms with E-state index in [4.69, 9.17) is 27.9 Å².